The van der Waals surface area contributed by atoms with E-state index in [0.717, 1.165) is 23.1 Å². The Morgan fingerprint density at radius 1 is 1.03 bits per heavy atom. The number of primary amides is 1. The number of rotatable bonds is 8. The van der Waals surface area contributed by atoms with E-state index in [0.29, 0.717) is 28.0 Å². The number of nitrogens with one attached hydrogen (secondary N) is 2. The lowest BCUT2D eigenvalue weighted by atomic mass is 10.0. The summed E-state index contributed by atoms with van der Waals surface area (Å²) in [6, 6.07) is 13.6. The number of fused-ring (bicyclic) bond motifs is 1. The first-order valence-electron chi connectivity index (χ1n) is 11.2. The van der Waals surface area contributed by atoms with Crippen LogP contribution in [0.15, 0.2) is 67.0 Å². The zero-order chi connectivity index (χ0) is 27.4. The van der Waals surface area contributed by atoms with Crippen LogP contribution in [0.5, 0.6) is 0 Å². The number of hydrogen-bond donors (Lipinski definition) is 4. The fourth-order valence-electron chi connectivity index (χ4n) is 3.83. The molecule has 4 rings (SSSR count). The fourth-order valence-corrected chi connectivity index (χ4v) is 3.83. The summed E-state index contributed by atoms with van der Waals surface area (Å²) in [5.41, 5.74) is 6.85. The van der Waals surface area contributed by atoms with Gasteiger partial charge in [0.2, 0.25) is 0 Å². The van der Waals surface area contributed by atoms with Gasteiger partial charge < -0.3 is 26.4 Å². The molecule has 0 spiro atoms. The van der Waals surface area contributed by atoms with Crippen molar-refractivity contribution >= 4 is 40.3 Å². The standard InChI is InChI=1S/C26H22F2N6O4/c1-34(26(37)38)12-21(33-24-18-7-3-6-17(23(29)35)22(18)30-13-31-24)14-4-2-5-16(10-14)32-25(36)15-8-9-19(27)20(28)11-15/h2-11,13,21H,12H2,1H3,(H2,29,35)(H,32,36)(H,37,38)(H,30,31,33). The molecule has 1 atom stereocenters. The SMILES string of the molecule is CN(CC(Nc1ncnc2c(C(N)=O)cccc12)c1cccc(NC(=O)c2ccc(F)c(F)c2)c1)C(=O)O. The first-order valence-corrected chi connectivity index (χ1v) is 11.2. The Labute approximate surface area is 215 Å². The van der Waals surface area contributed by atoms with Gasteiger partial charge >= 0.3 is 6.09 Å². The molecule has 0 saturated heterocycles. The van der Waals surface area contributed by atoms with Gasteiger partial charge in [0.1, 0.15) is 12.1 Å². The predicted molar refractivity (Wildman–Crippen MR) is 136 cm³/mol. The molecule has 38 heavy (non-hydrogen) atoms. The minimum atomic E-state index is -1.16. The number of carbonyl (C=O) groups excluding carboxylic acids is 2. The summed E-state index contributed by atoms with van der Waals surface area (Å²) in [7, 11) is 1.40. The summed E-state index contributed by atoms with van der Waals surface area (Å²) >= 11 is 0. The van der Waals surface area contributed by atoms with Crippen LogP contribution in [0.4, 0.5) is 25.1 Å². The van der Waals surface area contributed by atoms with Gasteiger partial charge in [-0.2, -0.15) is 0 Å². The Morgan fingerprint density at radius 2 is 1.79 bits per heavy atom. The third-order valence-corrected chi connectivity index (χ3v) is 5.75. The zero-order valence-corrected chi connectivity index (χ0v) is 20.0. The number of benzene rings is 3. The smallest absolute Gasteiger partial charge is 0.407 e. The lowest BCUT2D eigenvalue weighted by Crippen LogP contribution is -2.32. The van der Waals surface area contributed by atoms with Gasteiger partial charge in [0.25, 0.3) is 11.8 Å². The maximum absolute atomic E-state index is 13.6. The molecule has 0 aliphatic rings. The molecule has 5 N–H and O–H groups in total. The van der Waals surface area contributed by atoms with Gasteiger partial charge in [0, 0.05) is 30.2 Å². The maximum atomic E-state index is 13.6. The van der Waals surface area contributed by atoms with Crippen molar-refractivity contribution in [3.63, 3.8) is 0 Å². The van der Waals surface area contributed by atoms with Gasteiger partial charge in [-0.3, -0.25) is 9.59 Å². The summed E-state index contributed by atoms with van der Waals surface area (Å²) in [6.07, 6.45) is 0.0937. The average Bonchev–Trinajstić information content (AvgIpc) is 2.89. The molecular formula is C26H22F2N6O4. The maximum Gasteiger partial charge on any atom is 0.407 e. The Hall–Kier alpha value is -5.13. The van der Waals surface area contributed by atoms with Crippen LogP contribution in [0.2, 0.25) is 0 Å². The van der Waals surface area contributed by atoms with Crippen molar-refractivity contribution in [1.29, 1.82) is 0 Å². The van der Waals surface area contributed by atoms with Crippen molar-refractivity contribution < 1.29 is 28.3 Å². The normalized spacial score (nSPS) is 11.6. The number of amides is 3. The van der Waals surface area contributed by atoms with E-state index in [1.807, 2.05) is 0 Å². The van der Waals surface area contributed by atoms with Crippen LogP contribution in [0.1, 0.15) is 32.3 Å². The van der Waals surface area contributed by atoms with Gasteiger partial charge in [-0.15, -0.1) is 0 Å². The van der Waals surface area contributed by atoms with Crippen LogP contribution in [0.25, 0.3) is 10.9 Å². The van der Waals surface area contributed by atoms with E-state index in [-0.39, 0.29) is 17.7 Å². The van der Waals surface area contributed by atoms with Crippen LogP contribution in [0.3, 0.4) is 0 Å². The fraction of sp³-hybridized carbons (Fsp3) is 0.115. The zero-order valence-electron chi connectivity index (χ0n) is 20.0. The van der Waals surface area contributed by atoms with Crippen LogP contribution >= 0.6 is 0 Å². The van der Waals surface area contributed by atoms with Gasteiger partial charge in [0.15, 0.2) is 11.6 Å². The topological polar surface area (TPSA) is 151 Å². The molecule has 0 bridgehead atoms. The third kappa shape index (κ3) is 5.64. The Morgan fingerprint density at radius 3 is 2.50 bits per heavy atom. The molecule has 194 valence electrons. The quantitative estimate of drug-likeness (QED) is 0.274. The van der Waals surface area contributed by atoms with E-state index in [1.165, 1.54) is 19.4 Å². The molecule has 0 radical (unpaired) electrons. The second-order valence-electron chi connectivity index (χ2n) is 8.36. The Kier molecular flexibility index (Phi) is 7.42. The number of nitrogens with two attached hydrogens (primary N) is 1. The number of nitrogens with zero attached hydrogens (tertiary/aromatic N) is 3. The molecule has 1 heterocycles. The second kappa shape index (κ2) is 10.9. The van der Waals surface area contributed by atoms with Crippen molar-refractivity contribution in [3.05, 3.63) is 95.3 Å². The first-order chi connectivity index (χ1) is 18.1. The highest BCUT2D eigenvalue weighted by Crippen LogP contribution is 2.28. The molecule has 0 saturated carbocycles. The number of likely N-dealkylation sites (N-methyl/N-ethyl adjacent to an activating group) is 1. The number of hydrogen-bond acceptors (Lipinski definition) is 6. The van der Waals surface area contributed by atoms with Gasteiger partial charge in [0.05, 0.1) is 17.1 Å². The van der Waals surface area contributed by atoms with Crippen LogP contribution < -0.4 is 16.4 Å². The molecule has 10 nitrogen and oxygen atoms in total. The van der Waals surface area contributed by atoms with Crippen molar-refractivity contribution in [2.24, 2.45) is 5.73 Å². The molecule has 1 aromatic heterocycles. The molecule has 0 aliphatic heterocycles. The molecule has 0 fully saturated rings. The van der Waals surface area contributed by atoms with Crippen molar-refractivity contribution in [1.82, 2.24) is 14.9 Å². The Bertz CT molecular complexity index is 1550. The monoisotopic (exact) mass is 520 g/mol. The van der Waals surface area contributed by atoms with Crippen molar-refractivity contribution in [3.8, 4) is 0 Å². The van der Waals surface area contributed by atoms with Gasteiger partial charge in [-0.05, 0) is 48.0 Å². The number of anilines is 2. The molecule has 1 unspecified atom stereocenters. The molecule has 4 aromatic rings. The molecular weight excluding hydrogens is 498 g/mol. The van der Waals surface area contributed by atoms with Crippen LogP contribution in [0, 0.1) is 11.6 Å². The molecule has 3 amide bonds. The van der Waals surface area contributed by atoms with E-state index in [4.69, 9.17) is 5.73 Å². The number of carboxylic acid groups (broad SMARTS) is 1. The summed E-state index contributed by atoms with van der Waals surface area (Å²) in [5, 5.41) is 15.8. The van der Waals surface area contributed by atoms with Crippen molar-refractivity contribution in [2.75, 3.05) is 24.2 Å². The summed E-state index contributed by atoms with van der Waals surface area (Å²) in [5.74, 6) is -3.21. The third-order valence-electron chi connectivity index (χ3n) is 5.75. The largest absolute Gasteiger partial charge is 0.465 e. The van der Waals surface area contributed by atoms with Crippen LogP contribution in [-0.2, 0) is 0 Å². The van der Waals surface area contributed by atoms with E-state index in [2.05, 4.69) is 20.6 Å². The van der Waals surface area contributed by atoms with E-state index in [1.54, 1.807) is 36.4 Å². The summed E-state index contributed by atoms with van der Waals surface area (Å²) in [6.45, 7) is -0.0170. The van der Waals surface area contributed by atoms with Crippen molar-refractivity contribution in [2.45, 2.75) is 6.04 Å². The minimum absolute atomic E-state index is 0.0170. The lowest BCUT2D eigenvalue weighted by molar-refractivity contribution is 0.0998. The van der Waals surface area contributed by atoms with E-state index in [9.17, 15) is 28.3 Å². The van der Waals surface area contributed by atoms with E-state index < -0.39 is 35.6 Å². The molecule has 3 aromatic carbocycles. The highest BCUT2D eigenvalue weighted by Gasteiger charge is 2.20. The summed E-state index contributed by atoms with van der Waals surface area (Å²) in [4.78, 5) is 45.5. The summed E-state index contributed by atoms with van der Waals surface area (Å²) < 4.78 is 26.8. The molecule has 12 heteroatoms. The predicted octanol–water partition coefficient (Wildman–Crippen LogP) is 4.02. The first kappa shape index (κ1) is 25.9. The highest BCUT2D eigenvalue weighted by atomic mass is 19.2. The highest BCUT2D eigenvalue weighted by molar-refractivity contribution is 6.07. The van der Waals surface area contributed by atoms with E-state index >= 15 is 0 Å². The molecule has 0 aliphatic carbocycles. The number of carbonyl (C=O) groups is 3. The average molecular weight is 520 g/mol. The number of halogens is 2. The number of para-hydroxylation sites is 1. The second-order valence-corrected chi connectivity index (χ2v) is 8.36. The van der Waals surface area contributed by atoms with Gasteiger partial charge in [-0.25, -0.2) is 23.5 Å². The van der Waals surface area contributed by atoms with Crippen LogP contribution in [-0.4, -0.2) is 51.5 Å². The minimum Gasteiger partial charge on any atom is -0.465 e. The van der Waals surface area contributed by atoms with Gasteiger partial charge in [-0.1, -0.05) is 18.2 Å². The lowest BCUT2D eigenvalue weighted by Gasteiger charge is -2.25. The Balaban J connectivity index is 1.67. The number of aromatic nitrogens is 2.